The predicted octanol–water partition coefficient (Wildman–Crippen LogP) is 1.21. The molecule has 1 heterocycles. The van der Waals surface area contributed by atoms with Crippen molar-refractivity contribution in [3.63, 3.8) is 0 Å². The van der Waals surface area contributed by atoms with Gasteiger partial charge in [-0.1, -0.05) is 0 Å². The van der Waals surface area contributed by atoms with Crippen molar-refractivity contribution in [2.45, 2.75) is 19.3 Å². The number of hydrogen-bond donors (Lipinski definition) is 1. The van der Waals surface area contributed by atoms with Crippen LogP contribution in [0.3, 0.4) is 0 Å². The number of carboxylic acid groups (broad SMARTS) is 1. The molecule has 1 aliphatic heterocycles. The number of piperidine rings is 1. The summed E-state index contributed by atoms with van der Waals surface area (Å²) in [6, 6.07) is 0. The predicted molar refractivity (Wildman–Crippen MR) is 50.0 cm³/mol. The van der Waals surface area contributed by atoms with Crippen LogP contribution in [0.25, 0.3) is 0 Å². The summed E-state index contributed by atoms with van der Waals surface area (Å²) in [5, 5.41) is 8.75. The molecule has 2 unspecified atom stereocenters. The zero-order valence-electron chi connectivity index (χ0n) is 8.06. The summed E-state index contributed by atoms with van der Waals surface area (Å²) in [6.45, 7) is 1.28. The van der Waals surface area contributed by atoms with Gasteiger partial charge in [-0.25, -0.2) is 4.79 Å². The Morgan fingerprint density at radius 3 is 2.43 bits per heavy atom. The Balaban J connectivity index is 1.79. The van der Waals surface area contributed by atoms with Crippen LogP contribution in [0.15, 0.2) is 0 Å². The molecule has 0 bridgehead atoms. The molecule has 1 saturated carbocycles. The highest BCUT2D eigenvalue weighted by atomic mass is 16.4. The van der Waals surface area contributed by atoms with Crippen LogP contribution >= 0.6 is 0 Å². The largest absolute Gasteiger partial charge is 0.465 e. The van der Waals surface area contributed by atoms with Crippen LogP contribution in [0.4, 0.5) is 4.79 Å². The van der Waals surface area contributed by atoms with Gasteiger partial charge in [0.15, 0.2) is 0 Å². The van der Waals surface area contributed by atoms with E-state index in [4.69, 9.17) is 5.11 Å². The number of aldehydes is 1. The second-order valence-corrected chi connectivity index (χ2v) is 4.31. The molecule has 0 aromatic heterocycles. The molecular weight excluding hydrogens is 182 g/mol. The first-order chi connectivity index (χ1) is 6.72. The van der Waals surface area contributed by atoms with Gasteiger partial charge < -0.3 is 14.8 Å². The molecule has 4 heteroatoms. The van der Waals surface area contributed by atoms with Crippen molar-refractivity contribution in [3.8, 4) is 0 Å². The summed E-state index contributed by atoms with van der Waals surface area (Å²) in [5.74, 6) is 1.42. The summed E-state index contributed by atoms with van der Waals surface area (Å²) in [6.07, 6.45) is 3.13. The van der Waals surface area contributed by atoms with Crippen LogP contribution in [-0.2, 0) is 4.79 Å². The van der Waals surface area contributed by atoms with Crippen LogP contribution in [0.5, 0.6) is 0 Å². The number of carbonyl (C=O) groups excluding carboxylic acids is 1. The van der Waals surface area contributed by atoms with Crippen molar-refractivity contribution >= 4 is 12.4 Å². The molecule has 2 rings (SSSR count). The van der Waals surface area contributed by atoms with Crippen molar-refractivity contribution in [3.05, 3.63) is 0 Å². The van der Waals surface area contributed by atoms with E-state index in [0.717, 1.165) is 25.5 Å². The highest BCUT2D eigenvalue weighted by Gasteiger charge is 2.43. The molecule has 1 saturated heterocycles. The first-order valence-electron chi connectivity index (χ1n) is 5.15. The molecule has 2 atom stereocenters. The first-order valence-corrected chi connectivity index (χ1v) is 5.15. The minimum Gasteiger partial charge on any atom is -0.465 e. The van der Waals surface area contributed by atoms with Gasteiger partial charge in [0, 0.05) is 19.0 Å². The number of likely N-dealkylation sites (tertiary alicyclic amines) is 1. The number of hydrogen-bond acceptors (Lipinski definition) is 2. The first kappa shape index (κ1) is 9.49. The molecule has 0 aromatic carbocycles. The molecule has 1 amide bonds. The minimum absolute atomic E-state index is 0.274. The Hall–Kier alpha value is -1.06. The molecule has 14 heavy (non-hydrogen) atoms. The van der Waals surface area contributed by atoms with Crippen molar-refractivity contribution < 1.29 is 14.7 Å². The Bertz CT molecular complexity index is 246. The smallest absolute Gasteiger partial charge is 0.407 e. The standard InChI is InChI=1S/C10H15NO3/c12-6-8-5-9(8)7-1-3-11(4-2-7)10(13)14/h6-9H,1-5H2,(H,13,14). The SMILES string of the molecule is O=CC1CC1C1CCN(C(=O)O)CC1. The average molecular weight is 197 g/mol. The highest BCUT2D eigenvalue weighted by molar-refractivity contribution is 5.65. The lowest BCUT2D eigenvalue weighted by Gasteiger charge is -2.30. The summed E-state index contributed by atoms with van der Waals surface area (Å²) in [5.41, 5.74) is 0. The quantitative estimate of drug-likeness (QED) is 0.677. The van der Waals surface area contributed by atoms with E-state index in [1.807, 2.05) is 0 Å². The molecule has 78 valence electrons. The van der Waals surface area contributed by atoms with E-state index < -0.39 is 6.09 Å². The second kappa shape index (κ2) is 3.59. The molecule has 2 aliphatic rings. The van der Waals surface area contributed by atoms with Crippen molar-refractivity contribution in [1.29, 1.82) is 0 Å². The normalized spacial score (nSPS) is 32.7. The fraction of sp³-hybridized carbons (Fsp3) is 0.800. The van der Waals surface area contributed by atoms with Gasteiger partial charge in [-0.05, 0) is 31.1 Å². The Morgan fingerprint density at radius 1 is 1.36 bits per heavy atom. The third-order valence-corrected chi connectivity index (χ3v) is 3.48. The van der Waals surface area contributed by atoms with Gasteiger partial charge in [0.2, 0.25) is 0 Å². The van der Waals surface area contributed by atoms with E-state index in [2.05, 4.69) is 0 Å². The molecule has 4 nitrogen and oxygen atoms in total. The fourth-order valence-corrected chi connectivity index (χ4v) is 2.45. The topological polar surface area (TPSA) is 57.6 Å². The van der Waals surface area contributed by atoms with E-state index in [1.54, 1.807) is 0 Å². The zero-order chi connectivity index (χ0) is 10.1. The Labute approximate surface area is 82.9 Å². The van der Waals surface area contributed by atoms with Gasteiger partial charge in [0.25, 0.3) is 0 Å². The third kappa shape index (κ3) is 1.74. The number of amides is 1. The summed E-state index contributed by atoms with van der Waals surface area (Å²) < 4.78 is 0. The van der Waals surface area contributed by atoms with Gasteiger partial charge in [-0.15, -0.1) is 0 Å². The van der Waals surface area contributed by atoms with E-state index in [0.29, 0.717) is 24.9 Å². The maximum Gasteiger partial charge on any atom is 0.407 e. The Kier molecular flexibility index (Phi) is 2.44. The molecule has 2 fully saturated rings. The summed E-state index contributed by atoms with van der Waals surface area (Å²) in [4.78, 5) is 22.6. The second-order valence-electron chi connectivity index (χ2n) is 4.31. The lowest BCUT2D eigenvalue weighted by Crippen LogP contribution is -2.38. The Morgan fingerprint density at radius 2 is 2.00 bits per heavy atom. The van der Waals surface area contributed by atoms with E-state index in [1.165, 1.54) is 4.90 Å². The van der Waals surface area contributed by atoms with E-state index >= 15 is 0 Å². The van der Waals surface area contributed by atoms with Crippen molar-refractivity contribution in [2.24, 2.45) is 17.8 Å². The van der Waals surface area contributed by atoms with Gasteiger partial charge in [0.05, 0.1) is 0 Å². The maximum atomic E-state index is 10.6. The fourth-order valence-electron chi connectivity index (χ4n) is 2.45. The van der Waals surface area contributed by atoms with Crippen molar-refractivity contribution in [1.82, 2.24) is 4.90 Å². The highest BCUT2D eigenvalue weighted by Crippen LogP contribution is 2.46. The van der Waals surface area contributed by atoms with Gasteiger partial charge >= 0.3 is 6.09 Å². The summed E-state index contributed by atoms with van der Waals surface area (Å²) >= 11 is 0. The zero-order valence-corrected chi connectivity index (χ0v) is 8.06. The van der Waals surface area contributed by atoms with Crippen LogP contribution < -0.4 is 0 Å². The average Bonchev–Trinajstić information content (AvgIpc) is 2.97. The number of nitrogens with zero attached hydrogens (tertiary/aromatic N) is 1. The van der Waals surface area contributed by atoms with Gasteiger partial charge in [-0.3, -0.25) is 0 Å². The maximum absolute atomic E-state index is 10.6. The van der Waals surface area contributed by atoms with Crippen LogP contribution in [-0.4, -0.2) is 35.5 Å². The van der Waals surface area contributed by atoms with Gasteiger partial charge in [-0.2, -0.15) is 0 Å². The van der Waals surface area contributed by atoms with Crippen LogP contribution in [0.2, 0.25) is 0 Å². The summed E-state index contributed by atoms with van der Waals surface area (Å²) in [7, 11) is 0. The molecule has 0 aromatic rings. The third-order valence-electron chi connectivity index (χ3n) is 3.48. The molecule has 1 N–H and O–H groups in total. The monoisotopic (exact) mass is 197 g/mol. The van der Waals surface area contributed by atoms with Crippen LogP contribution in [0, 0.1) is 17.8 Å². The molecule has 0 spiro atoms. The van der Waals surface area contributed by atoms with E-state index in [9.17, 15) is 9.59 Å². The number of carbonyl (C=O) groups is 2. The molecular formula is C10H15NO3. The van der Waals surface area contributed by atoms with Crippen molar-refractivity contribution in [2.75, 3.05) is 13.1 Å². The van der Waals surface area contributed by atoms with Crippen LogP contribution in [0.1, 0.15) is 19.3 Å². The van der Waals surface area contributed by atoms with Gasteiger partial charge in [0.1, 0.15) is 6.29 Å². The lowest BCUT2D eigenvalue weighted by atomic mass is 9.91. The lowest BCUT2D eigenvalue weighted by molar-refractivity contribution is -0.109. The molecule has 1 aliphatic carbocycles. The molecule has 0 radical (unpaired) electrons. The minimum atomic E-state index is -0.814. The number of rotatable bonds is 2. The van der Waals surface area contributed by atoms with E-state index in [-0.39, 0.29) is 5.92 Å².